The molecular formula is C12H16Br2. The van der Waals surface area contributed by atoms with Crippen LogP contribution in [0.25, 0.3) is 0 Å². The van der Waals surface area contributed by atoms with E-state index in [1.807, 2.05) is 0 Å². The van der Waals surface area contributed by atoms with Crippen molar-refractivity contribution in [1.29, 1.82) is 0 Å². The molecule has 0 nitrogen and oxygen atoms in total. The minimum absolute atomic E-state index is 0.789. The number of hydrogen-bond donors (Lipinski definition) is 0. The molecule has 0 heterocycles. The van der Waals surface area contributed by atoms with Gasteiger partial charge in [-0.25, -0.2) is 0 Å². The Morgan fingerprint density at radius 2 is 0.929 bits per heavy atom. The first-order valence-electron chi connectivity index (χ1n) is 4.36. The van der Waals surface area contributed by atoms with E-state index < -0.39 is 0 Å². The van der Waals surface area contributed by atoms with E-state index in [0.29, 0.717) is 0 Å². The average molecular weight is 320 g/mol. The molecule has 0 amide bonds. The van der Waals surface area contributed by atoms with Crippen molar-refractivity contribution in [3.8, 4) is 0 Å². The zero-order valence-electron chi connectivity index (χ0n) is 8.41. The van der Waals surface area contributed by atoms with Crippen molar-refractivity contribution in [3.63, 3.8) is 0 Å². The van der Waals surface area contributed by atoms with Crippen LogP contribution in [0.5, 0.6) is 0 Å². The summed E-state index contributed by atoms with van der Waals surface area (Å²) in [5, 5.41) is 1.58. The fraction of sp³-hybridized carbons (Fsp3) is 0.333. The maximum Gasteiger partial charge on any atom is 0.0279 e. The van der Waals surface area contributed by atoms with Gasteiger partial charge in [0.2, 0.25) is 0 Å². The highest BCUT2D eigenvalue weighted by Gasteiger charge is 2.02. The first-order valence-corrected chi connectivity index (χ1v) is 6.61. The topological polar surface area (TPSA) is 0 Å². The van der Waals surface area contributed by atoms with Crippen molar-refractivity contribution in [2.45, 2.75) is 12.8 Å². The van der Waals surface area contributed by atoms with Gasteiger partial charge in [0.05, 0.1) is 0 Å². The van der Waals surface area contributed by atoms with E-state index in [2.05, 4.69) is 58.2 Å². The van der Waals surface area contributed by atoms with Crippen LogP contribution in [0, 0.1) is 0 Å². The summed E-state index contributed by atoms with van der Waals surface area (Å²) in [5.41, 5.74) is 4.29. The molecule has 0 aromatic heterocycles. The molecule has 78 valence electrons. The smallest absolute Gasteiger partial charge is 0.0279 e. The Kier molecular flexibility index (Phi) is 7.20. The molecule has 0 aliphatic carbocycles. The molecule has 0 fully saturated rings. The van der Waals surface area contributed by atoms with E-state index in [-0.39, 0.29) is 0 Å². The highest BCUT2D eigenvalue weighted by molar-refractivity contribution is 9.09. The molecule has 0 bridgehead atoms. The first kappa shape index (κ1) is 13.9. The second-order valence-corrected chi connectivity index (χ2v) is 4.30. The molecule has 2 heteroatoms. The summed E-state index contributed by atoms with van der Waals surface area (Å²) < 4.78 is 0. The van der Waals surface area contributed by atoms with Gasteiger partial charge < -0.3 is 0 Å². The lowest BCUT2D eigenvalue weighted by Gasteiger charge is -2.09. The minimum Gasteiger partial charge on any atom is -0.0955 e. The van der Waals surface area contributed by atoms with E-state index in [1.54, 1.807) is 0 Å². The summed E-state index contributed by atoms with van der Waals surface area (Å²) in [6.45, 7) is 15.8. The second-order valence-electron chi connectivity index (χ2n) is 3.18. The van der Waals surface area contributed by atoms with Gasteiger partial charge in [-0.1, -0.05) is 69.3 Å². The lowest BCUT2D eigenvalue weighted by atomic mass is 9.99. The van der Waals surface area contributed by atoms with Crippen LogP contribution < -0.4 is 0 Å². The van der Waals surface area contributed by atoms with Crippen LogP contribution in [0.4, 0.5) is 0 Å². The summed E-state index contributed by atoms with van der Waals surface area (Å²) in [6, 6.07) is 0. The molecule has 0 unspecified atom stereocenters. The zero-order valence-corrected chi connectivity index (χ0v) is 11.6. The van der Waals surface area contributed by atoms with Crippen LogP contribution in [0.15, 0.2) is 48.6 Å². The molecule has 0 radical (unpaired) electrons. The van der Waals surface area contributed by atoms with E-state index in [1.165, 1.54) is 0 Å². The quantitative estimate of drug-likeness (QED) is 0.468. The van der Waals surface area contributed by atoms with E-state index in [0.717, 1.165) is 45.8 Å². The first-order chi connectivity index (χ1) is 6.52. The number of rotatable bonds is 7. The number of alkyl halides is 2. The van der Waals surface area contributed by atoms with Gasteiger partial charge in [-0.2, -0.15) is 0 Å². The Morgan fingerprint density at radius 1 is 0.643 bits per heavy atom. The van der Waals surface area contributed by atoms with E-state index in [4.69, 9.17) is 0 Å². The molecule has 0 spiro atoms. The van der Waals surface area contributed by atoms with Gasteiger partial charge >= 0.3 is 0 Å². The van der Waals surface area contributed by atoms with Gasteiger partial charge in [-0.15, -0.1) is 0 Å². The molecule has 0 N–H and O–H groups in total. The standard InChI is InChI=1S/C12H16Br2/c1-9(11(3)7-13)5-6-10(2)12(4)8-14/h1-8H2. The Morgan fingerprint density at radius 3 is 1.14 bits per heavy atom. The van der Waals surface area contributed by atoms with Crippen LogP contribution in [0.1, 0.15) is 12.8 Å². The van der Waals surface area contributed by atoms with Crippen LogP contribution in [0.3, 0.4) is 0 Å². The van der Waals surface area contributed by atoms with Gasteiger partial charge in [0, 0.05) is 10.7 Å². The fourth-order valence-corrected chi connectivity index (χ4v) is 1.64. The second kappa shape index (κ2) is 7.24. The summed E-state index contributed by atoms with van der Waals surface area (Å²) in [7, 11) is 0. The van der Waals surface area contributed by atoms with Crippen molar-refractivity contribution in [1.82, 2.24) is 0 Å². The van der Waals surface area contributed by atoms with Crippen molar-refractivity contribution >= 4 is 31.9 Å². The van der Waals surface area contributed by atoms with Crippen molar-refractivity contribution < 1.29 is 0 Å². The van der Waals surface area contributed by atoms with Gasteiger partial charge in [0.1, 0.15) is 0 Å². The predicted molar refractivity (Wildman–Crippen MR) is 73.4 cm³/mol. The number of hydrogen-bond acceptors (Lipinski definition) is 0. The van der Waals surface area contributed by atoms with Gasteiger partial charge in [0.25, 0.3) is 0 Å². The Hall–Kier alpha value is -0.0800. The Labute approximate surface area is 104 Å². The molecule has 0 aliphatic heterocycles. The predicted octanol–water partition coefficient (Wildman–Crippen LogP) is 4.78. The van der Waals surface area contributed by atoms with Crippen molar-refractivity contribution in [3.05, 3.63) is 48.6 Å². The van der Waals surface area contributed by atoms with Gasteiger partial charge in [0.15, 0.2) is 0 Å². The monoisotopic (exact) mass is 318 g/mol. The molecule has 0 saturated carbocycles. The maximum absolute atomic E-state index is 3.97. The maximum atomic E-state index is 3.97. The third kappa shape index (κ3) is 4.97. The molecule has 0 aromatic carbocycles. The molecule has 0 aromatic rings. The lowest BCUT2D eigenvalue weighted by molar-refractivity contribution is 0.950. The Balaban J connectivity index is 3.95. The largest absolute Gasteiger partial charge is 0.0955 e. The molecule has 0 rings (SSSR count). The minimum atomic E-state index is 0.789. The normalized spacial score (nSPS) is 9.57. The zero-order chi connectivity index (χ0) is 11.1. The number of allylic oxidation sites excluding steroid dienone is 4. The third-order valence-electron chi connectivity index (χ3n) is 2.05. The summed E-state index contributed by atoms with van der Waals surface area (Å²) in [4.78, 5) is 0. The summed E-state index contributed by atoms with van der Waals surface area (Å²) in [5.74, 6) is 0. The highest BCUT2D eigenvalue weighted by atomic mass is 79.9. The van der Waals surface area contributed by atoms with Gasteiger partial charge in [-0.3, -0.25) is 0 Å². The average Bonchev–Trinajstić information content (AvgIpc) is 2.22. The van der Waals surface area contributed by atoms with Crippen LogP contribution >= 0.6 is 31.9 Å². The third-order valence-corrected chi connectivity index (χ3v) is 3.40. The summed E-state index contributed by atoms with van der Waals surface area (Å²) >= 11 is 6.71. The van der Waals surface area contributed by atoms with E-state index in [9.17, 15) is 0 Å². The molecule has 0 aliphatic rings. The Bertz CT molecular complexity index is 233. The molecule has 0 atom stereocenters. The fourth-order valence-electron chi connectivity index (χ4n) is 0.844. The van der Waals surface area contributed by atoms with Crippen LogP contribution in [-0.2, 0) is 0 Å². The SMILES string of the molecule is C=C(CBr)C(=C)CCC(=C)C(=C)CBr. The van der Waals surface area contributed by atoms with Crippen molar-refractivity contribution in [2.75, 3.05) is 10.7 Å². The lowest BCUT2D eigenvalue weighted by Crippen LogP contribution is -1.92. The highest BCUT2D eigenvalue weighted by Crippen LogP contribution is 2.20. The van der Waals surface area contributed by atoms with Crippen molar-refractivity contribution in [2.24, 2.45) is 0 Å². The summed E-state index contributed by atoms with van der Waals surface area (Å²) in [6.07, 6.45) is 1.82. The number of halogens is 2. The van der Waals surface area contributed by atoms with Gasteiger partial charge in [-0.05, 0) is 24.0 Å². The molecule has 0 saturated heterocycles. The van der Waals surface area contributed by atoms with E-state index >= 15 is 0 Å². The molecular weight excluding hydrogens is 304 g/mol. The molecule has 14 heavy (non-hydrogen) atoms. The van der Waals surface area contributed by atoms with Crippen LogP contribution in [0.2, 0.25) is 0 Å². The van der Waals surface area contributed by atoms with Crippen LogP contribution in [-0.4, -0.2) is 10.7 Å².